The topological polar surface area (TPSA) is 42.8 Å². The molecule has 0 aliphatic rings. The van der Waals surface area contributed by atoms with E-state index in [-0.39, 0.29) is 0 Å². The molecular formula is C18H18N3+. The summed E-state index contributed by atoms with van der Waals surface area (Å²) in [6.07, 6.45) is 2.09. The number of nitrogen functional groups attached to an aromatic ring is 1. The number of anilines is 1. The van der Waals surface area contributed by atoms with Gasteiger partial charge in [0.15, 0.2) is 6.20 Å². The molecule has 3 heteroatoms. The van der Waals surface area contributed by atoms with Gasteiger partial charge in [-0.1, -0.05) is 24.3 Å². The van der Waals surface area contributed by atoms with E-state index >= 15 is 0 Å². The molecule has 3 nitrogen and oxygen atoms in total. The fourth-order valence-electron chi connectivity index (χ4n) is 2.51. The number of hydrogen-bond donors (Lipinski definition) is 1. The van der Waals surface area contributed by atoms with Gasteiger partial charge in [0.2, 0.25) is 5.69 Å². The molecule has 0 radical (unpaired) electrons. The summed E-state index contributed by atoms with van der Waals surface area (Å²) in [6, 6.07) is 18.3. The van der Waals surface area contributed by atoms with Crippen LogP contribution < -0.4 is 10.3 Å². The molecule has 2 N–H and O–H groups in total. The van der Waals surface area contributed by atoms with Gasteiger partial charge in [-0.3, -0.25) is 0 Å². The number of benzene rings is 1. The Hall–Kier alpha value is -2.68. The first-order valence-electron chi connectivity index (χ1n) is 6.94. The van der Waals surface area contributed by atoms with Gasteiger partial charge in [0.05, 0.1) is 11.3 Å². The van der Waals surface area contributed by atoms with E-state index < -0.39 is 0 Å². The zero-order valence-corrected chi connectivity index (χ0v) is 12.2. The van der Waals surface area contributed by atoms with Crippen LogP contribution in [0.1, 0.15) is 5.56 Å². The number of aromatic nitrogens is 2. The summed E-state index contributed by atoms with van der Waals surface area (Å²) in [4.78, 5) is 4.37. The molecule has 3 aromatic rings. The van der Waals surface area contributed by atoms with Gasteiger partial charge in [0.25, 0.3) is 0 Å². The Labute approximate surface area is 124 Å². The van der Waals surface area contributed by atoms with Crippen molar-refractivity contribution >= 4 is 5.82 Å². The van der Waals surface area contributed by atoms with Crippen molar-refractivity contribution in [1.82, 2.24) is 4.98 Å². The highest BCUT2D eigenvalue weighted by atomic mass is 14.9. The van der Waals surface area contributed by atoms with Gasteiger partial charge in [-0.25, -0.2) is 9.55 Å². The van der Waals surface area contributed by atoms with Crippen molar-refractivity contribution in [2.75, 3.05) is 5.73 Å². The molecule has 3 rings (SSSR count). The molecule has 1 aromatic carbocycles. The number of nitrogens with two attached hydrogens (primary N) is 1. The molecule has 0 bridgehead atoms. The summed E-state index contributed by atoms with van der Waals surface area (Å²) < 4.78 is 2.13. The smallest absolute Gasteiger partial charge is 0.212 e. The lowest BCUT2D eigenvalue weighted by Crippen LogP contribution is -2.30. The minimum Gasteiger partial charge on any atom is -0.384 e. The Morgan fingerprint density at radius 2 is 1.76 bits per heavy atom. The standard InChI is InChI=1S/C18H18N3/c1-13-6-3-4-7-15(13)17-11-10-14(12-21(17)2)16-8-5-9-18(19)20-16/h3-12H,1-2H3,(H2,19,20)/q+1. The summed E-state index contributed by atoms with van der Waals surface area (Å²) >= 11 is 0. The first-order chi connectivity index (χ1) is 10.1. The molecule has 0 saturated carbocycles. The fourth-order valence-corrected chi connectivity index (χ4v) is 2.51. The Morgan fingerprint density at radius 1 is 0.952 bits per heavy atom. The van der Waals surface area contributed by atoms with Crippen LogP contribution in [0.3, 0.4) is 0 Å². The molecule has 0 aliphatic carbocycles. The molecule has 0 atom stereocenters. The van der Waals surface area contributed by atoms with Crippen LogP contribution >= 0.6 is 0 Å². The number of aryl methyl sites for hydroxylation is 2. The van der Waals surface area contributed by atoms with Crippen molar-refractivity contribution < 1.29 is 4.57 Å². The Morgan fingerprint density at radius 3 is 2.48 bits per heavy atom. The summed E-state index contributed by atoms with van der Waals surface area (Å²) in [5.74, 6) is 0.540. The molecular weight excluding hydrogens is 258 g/mol. The number of hydrogen-bond acceptors (Lipinski definition) is 2. The van der Waals surface area contributed by atoms with Crippen molar-refractivity contribution in [2.45, 2.75) is 6.92 Å². The van der Waals surface area contributed by atoms with E-state index in [9.17, 15) is 0 Å². The second kappa shape index (κ2) is 5.37. The molecule has 0 spiro atoms. The van der Waals surface area contributed by atoms with Gasteiger partial charge in [-0.15, -0.1) is 0 Å². The maximum Gasteiger partial charge on any atom is 0.212 e. The predicted octanol–water partition coefficient (Wildman–Crippen LogP) is 3.13. The van der Waals surface area contributed by atoms with Crippen molar-refractivity contribution in [3.8, 4) is 22.5 Å². The van der Waals surface area contributed by atoms with Crippen LogP contribution in [0.15, 0.2) is 60.8 Å². The summed E-state index contributed by atoms with van der Waals surface area (Å²) in [5.41, 5.74) is 11.4. The van der Waals surface area contributed by atoms with E-state index in [0.717, 1.165) is 11.3 Å². The third kappa shape index (κ3) is 2.63. The maximum atomic E-state index is 5.76. The van der Waals surface area contributed by atoms with Crippen LogP contribution in [0.2, 0.25) is 0 Å². The van der Waals surface area contributed by atoms with E-state index in [1.54, 1.807) is 6.07 Å². The Kier molecular flexibility index (Phi) is 3.40. The zero-order valence-electron chi connectivity index (χ0n) is 12.2. The van der Waals surface area contributed by atoms with E-state index in [1.807, 2.05) is 12.1 Å². The molecule has 0 fully saturated rings. The molecule has 0 saturated heterocycles. The largest absolute Gasteiger partial charge is 0.384 e. The Bertz CT molecular complexity index is 794. The van der Waals surface area contributed by atoms with E-state index in [2.05, 4.69) is 66.1 Å². The van der Waals surface area contributed by atoms with Crippen LogP contribution in [-0.4, -0.2) is 4.98 Å². The average molecular weight is 276 g/mol. The lowest BCUT2D eigenvalue weighted by atomic mass is 10.0. The van der Waals surface area contributed by atoms with Crippen LogP contribution in [0.4, 0.5) is 5.82 Å². The second-order valence-electron chi connectivity index (χ2n) is 5.18. The second-order valence-corrected chi connectivity index (χ2v) is 5.18. The van der Waals surface area contributed by atoms with Crippen LogP contribution in [0.5, 0.6) is 0 Å². The predicted molar refractivity (Wildman–Crippen MR) is 85.4 cm³/mol. The number of nitrogens with zero attached hydrogens (tertiary/aromatic N) is 2. The molecule has 0 amide bonds. The first kappa shape index (κ1) is 13.3. The minimum absolute atomic E-state index is 0.540. The van der Waals surface area contributed by atoms with Crippen molar-refractivity contribution in [3.05, 3.63) is 66.4 Å². The van der Waals surface area contributed by atoms with Crippen molar-refractivity contribution in [2.24, 2.45) is 7.05 Å². The lowest BCUT2D eigenvalue weighted by molar-refractivity contribution is -0.659. The molecule has 2 heterocycles. The van der Waals surface area contributed by atoms with E-state index in [4.69, 9.17) is 5.73 Å². The third-order valence-electron chi connectivity index (χ3n) is 3.62. The molecule has 0 aliphatic heterocycles. The molecule has 104 valence electrons. The normalized spacial score (nSPS) is 10.6. The average Bonchev–Trinajstić information content (AvgIpc) is 2.48. The SMILES string of the molecule is Cc1ccccc1-c1ccc(-c2cccc(N)n2)c[n+]1C. The number of rotatable bonds is 2. The van der Waals surface area contributed by atoms with Gasteiger partial charge in [0.1, 0.15) is 12.9 Å². The van der Waals surface area contributed by atoms with E-state index in [1.165, 1.54) is 16.8 Å². The van der Waals surface area contributed by atoms with Gasteiger partial charge in [-0.2, -0.15) is 0 Å². The molecule has 2 aromatic heterocycles. The quantitative estimate of drug-likeness (QED) is 0.731. The van der Waals surface area contributed by atoms with Crippen LogP contribution in [0, 0.1) is 6.92 Å². The first-order valence-corrected chi connectivity index (χ1v) is 6.94. The molecule has 0 unspecified atom stereocenters. The van der Waals surface area contributed by atoms with E-state index in [0.29, 0.717) is 5.82 Å². The van der Waals surface area contributed by atoms with Gasteiger partial charge in [-0.05, 0) is 36.8 Å². The maximum absolute atomic E-state index is 5.76. The van der Waals surface area contributed by atoms with Crippen LogP contribution in [0.25, 0.3) is 22.5 Å². The molecule has 21 heavy (non-hydrogen) atoms. The highest BCUT2D eigenvalue weighted by Gasteiger charge is 2.13. The van der Waals surface area contributed by atoms with Gasteiger partial charge < -0.3 is 5.73 Å². The van der Waals surface area contributed by atoms with Gasteiger partial charge in [0, 0.05) is 11.6 Å². The Balaban J connectivity index is 2.07. The van der Waals surface area contributed by atoms with Crippen molar-refractivity contribution in [1.29, 1.82) is 0 Å². The monoisotopic (exact) mass is 276 g/mol. The summed E-state index contributed by atoms with van der Waals surface area (Å²) in [6.45, 7) is 2.13. The highest BCUT2D eigenvalue weighted by molar-refractivity contribution is 5.64. The summed E-state index contributed by atoms with van der Waals surface area (Å²) in [5, 5.41) is 0. The fraction of sp³-hybridized carbons (Fsp3) is 0.111. The van der Waals surface area contributed by atoms with Crippen LogP contribution in [-0.2, 0) is 7.05 Å². The summed E-state index contributed by atoms with van der Waals surface area (Å²) in [7, 11) is 2.05. The zero-order chi connectivity index (χ0) is 14.8. The highest BCUT2D eigenvalue weighted by Crippen LogP contribution is 2.22. The lowest BCUT2D eigenvalue weighted by Gasteiger charge is -2.06. The van der Waals surface area contributed by atoms with Gasteiger partial charge >= 0.3 is 0 Å². The minimum atomic E-state index is 0.540. The third-order valence-corrected chi connectivity index (χ3v) is 3.62. The van der Waals surface area contributed by atoms with Crippen molar-refractivity contribution in [3.63, 3.8) is 0 Å². The number of pyridine rings is 2.